The van der Waals surface area contributed by atoms with E-state index in [2.05, 4.69) is 0 Å². The third-order valence-electron chi connectivity index (χ3n) is 2.40. The predicted molar refractivity (Wildman–Crippen MR) is 66.3 cm³/mol. The van der Waals surface area contributed by atoms with Crippen molar-refractivity contribution in [1.82, 2.24) is 4.90 Å². The molecule has 1 rings (SSSR count). The second kappa shape index (κ2) is 6.25. The van der Waals surface area contributed by atoms with E-state index in [0.29, 0.717) is 6.61 Å². The van der Waals surface area contributed by atoms with Crippen LogP contribution in [0, 0.1) is 0 Å². The first-order valence-corrected chi connectivity index (χ1v) is 5.68. The number of hydrogen-bond donors (Lipinski definition) is 1. The second-order valence-electron chi connectivity index (χ2n) is 4.13. The van der Waals surface area contributed by atoms with Crippen molar-refractivity contribution in [1.29, 1.82) is 0 Å². The normalized spacial score (nSPS) is 12.5. The second-order valence-corrected chi connectivity index (χ2v) is 4.13. The standard InChI is InChI=1S/C13H19NO3/c1-4-8-17-11-7-5-6-10(9-11)12(13(15)16)14(2)3/h5-7,9,12H,4,8H2,1-3H3,(H,15,16). The molecule has 0 aliphatic heterocycles. The zero-order valence-corrected chi connectivity index (χ0v) is 10.5. The smallest absolute Gasteiger partial charge is 0.325 e. The number of aliphatic carboxylic acids is 1. The SMILES string of the molecule is CCCOc1cccc(C(C(=O)O)N(C)C)c1. The topological polar surface area (TPSA) is 49.8 Å². The Kier molecular flexibility index (Phi) is 4.97. The Labute approximate surface area is 102 Å². The largest absolute Gasteiger partial charge is 0.494 e. The van der Waals surface area contributed by atoms with Crippen molar-refractivity contribution < 1.29 is 14.6 Å². The molecule has 0 amide bonds. The van der Waals surface area contributed by atoms with Gasteiger partial charge in [-0.15, -0.1) is 0 Å². The van der Waals surface area contributed by atoms with Crippen molar-refractivity contribution in [2.45, 2.75) is 19.4 Å². The fraction of sp³-hybridized carbons (Fsp3) is 0.462. The summed E-state index contributed by atoms with van der Waals surface area (Å²) in [6, 6.07) is 6.61. The molecule has 94 valence electrons. The maximum absolute atomic E-state index is 11.2. The van der Waals surface area contributed by atoms with Crippen LogP contribution in [0.25, 0.3) is 0 Å². The minimum absolute atomic E-state index is 0.639. The van der Waals surface area contributed by atoms with E-state index in [4.69, 9.17) is 4.74 Å². The van der Waals surface area contributed by atoms with E-state index in [-0.39, 0.29) is 0 Å². The maximum Gasteiger partial charge on any atom is 0.325 e. The van der Waals surface area contributed by atoms with Crippen LogP contribution in [0.5, 0.6) is 5.75 Å². The summed E-state index contributed by atoms with van der Waals surface area (Å²) in [5.74, 6) is -0.139. The number of likely N-dealkylation sites (N-methyl/N-ethyl adjacent to an activating group) is 1. The van der Waals surface area contributed by atoms with Crippen LogP contribution in [0.15, 0.2) is 24.3 Å². The zero-order chi connectivity index (χ0) is 12.8. The Morgan fingerprint density at radius 1 is 1.47 bits per heavy atom. The molecule has 0 aliphatic carbocycles. The number of carboxylic acids is 1. The monoisotopic (exact) mass is 237 g/mol. The van der Waals surface area contributed by atoms with Crippen molar-refractivity contribution in [2.75, 3.05) is 20.7 Å². The molecule has 0 radical (unpaired) electrons. The first-order valence-electron chi connectivity index (χ1n) is 5.68. The highest BCUT2D eigenvalue weighted by Gasteiger charge is 2.22. The molecular weight excluding hydrogens is 218 g/mol. The zero-order valence-electron chi connectivity index (χ0n) is 10.5. The number of hydrogen-bond acceptors (Lipinski definition) is 3. The molecular formula is C13H19NO3. The summed E-state index contributed by atoms with van der Waals surface area (Å²) in [6.45, 7) is 2.67. The number of rotatable bonds is 6. The van der Waals surface area contributed by atoms with E-state index < -0.39 is 12.0 Å². The third kappa shape index (κ3) is 3.75. The van der Waals surface area contributed by atoms with Gasteiger partial charge < -0.3 is 9.84 Å². The Hall–Kier alpha value is -1.55. The first kappa shape index (κ1) is 13.5. The highest BCUT2D eigenvalue weighted by atomic mass is 16.5. The lowest BCUT2D eigenvalue weighted by molar-refractivity contribution is -0.142. The van der Waals surface area contributed by atoms with Gasteiger partial charge in [0.05, 0.1) is 6.61 Å². The lowest BCUT2D eigenvalue weighted by atomic mass is 10.1. The summed E-state index contributed by atoms with van der Waals surface area (Å²) in [5.41, 5.74) is 0.733. The molecule has 1 aromatic rings. The Morgan fingerprint density at radius 3 is 2.71 bits per heavy atom. The molecule has 1 atom stereocenters. The van der Waals surface area contributed by atoms with E-state index in [1.165, 1.54) is 0 Å². The van der Waals surface area contributed by atoms with Gasteiger partial charge in [-0.05, 0) is 38.2 Å². The van der Waals surface area contributed by atoms with Crippen LogP contribution in [0.3, 0.4) is 0 Å². The molecule has 17 heavy (non-hydrogen) atoms. The average molecular weight is 237 g/mol. The van der Waals surface area contributed by atoms with Crippen LogP contribution in [-0.4, -0.2) is 36.7 Å². The van der Waals surface area contributed by atoms with Gasteiger partial charge >= 0.3 is 5.97 Å². The summed E-state index contributed by atoms with van der Waals surface area (Å²) in [7, 11) is 3.50. The molecule has 0 bridgehead atoms. The van der Waals surface area contributed by atoms with Crippen LogP contribution in [0.4, 0.5) is 0 Å². The summed E-state index contributed by atoms with van der Waals surface area (Å²) in [5, 5.41) is 9.18. The molecule has 0 saturated heterocycles. The van der Waals surface area contributed by atoms with Gasteiger partial charge in [-0.2, -0.15) is 0 Å². The van der Waals surface area contributed by atoms with Crippen LogP contribution < -0.4 is 4.74 Å². The van der Waals surface area contributed by atoms with E-state index in [1.807, 2.05) is 19.1 Å². The summed E-state index contributed by atoms with van der Waals surface area (Å²) in [4.78, 5) is 12.9. The quantitative estimate of drug-likeness (QED) is 0.823. The highest BCUT2D eigenvalue weighted by molar-refractivity contribution is 5.75. The van der Waals surface area contributed by atoms with Crippen molar-refractivity contribution in [3.63, 3.8) is 0 Å². The highest BCUT2D eigenvalue weighted by Crippen LogP contribution is 2.23. The molecule has 0 fully saturated rings. The minimum atomic E-state index is -0.859. The van der Waals surface area contributed by atoms with Gasteiger partial charge in [0.1, 0.15) is 11.8 Å². The van der Waals surface area contributed by atoms with Crippen molar-refractivity contribution in [3.8, 4) is 5.75 Å². The third-order valence-corrected chi connectivity index (χ3v) is 2.40. The van der Waals surface area contributed by atoms with Gasteiger partial charge in [0.15, 0.2) is 0 Å². The van der Waals surface area contributed by atoms with Gasteiger partial charge in [0, 0.05) is 0 Å². The molecule has 0 aliphatic rings. The Balaban J connectivity index is 2.92. The number of ether oxygens (including phenoxy) is 1. The molecule has 0 spiro atoms. The molecule has 1 unspecified atom stereocenters. The lowest BCUT2D eigenvalue weighted by Crippen LogP contribution is -2.27. The fourth-order valence-electron chi connectivity index (χ4n) is 1.66. The molecule has 0 heterocycles. The van der Waals surface area contributed by atoms with Crippen molar-refractivity contribution in [3.05, 3.63) is 29.8 Å². The van der Waals surface area contributed by atoms with Crippen LogP contribution in [-0.2, 0) is 4.79 Å². The van der Waals surface area contributed by atoms with E-state index in [0.717, 1.165) is 17.7 Å². The number of carbonyl (C=O) groups is 1. The number of nitrogens with zero attached hydrogens (tertiary/aromatic N) is 1. The van der Waals surface area contributed by atoms with Crippen molar-refractivity contribution >= 4 is 5.97 Å². The molecule has 4 nitrogen and oxygen atoms in total. The van der Waals surface area contributed by atoms with Crippen molar-refractivity contribution in [2.24, 2.45) is 0 Å². The van der Waals surface area contributed by atoms with E-state index >= 15 is 0 Å². The minimum Gasteiger partial charge on any atom is -0.494 e. The number of benzene rings is 1. The summed E-state index contributed by atoms with van der Waals surface area (Å²) < 4.78 is 5.49. The molecule has 1 N–H and O–H groups in total. The Morgan fingerprint density at radius 2 is 2.18 bits per heavy atom. The summed E-state index contributed by atoms with van der Waals surface area (Å²) >= 11 is 0. The van der Waals surface area contributed by atoms with E-state index in [1.54, 1.807) is 31.1 Å². The number of carboxylic acid groups (broad SMARTS) is 1. The molecule has 1 aromatic carbocycles. The molecule has 0 saturated carbocycles. The predicted octanol–water partition coefficient (Wildman–Crippen LogP) is 2.16. The molecule has 0 aromatic heterocycles. The fourth-order valence-corrected chi connectivity index (χ4v) is 1.66. The first-order chi connectivity index (χ1) is 8.06. The lowest BCUT2D eigenvalue weighted by Gasteiger charge is -2.20. The average Bonchev–Trinajstić information content (AvgIpc) is 2.26. The van der Waals surface area contributed by atoms with Gasteiger partial charge in [-0.25, -0.2) is 0 Å². The van der Waals surface area contributed by atoms with Crippen LogP contribution >= 0.6 is 0 Å². The van der Waals surface area contributed by atoms with Crippen LogP contribution in [0.2, 0.25) is 0 Å². The van der Waals surface area contributed by atoms with E-state index in [9.17, 15) is 9.90 Å². The summed E-state index contributed by atoms with van der Waals surface area (Å²) in [6.07, 6.45) is 0.931. The van der Waals surface area contributed by atoms with Gasteiger partial charge in [0.2, 0.25) is 0 Å². The van der Waals surface area contributed by atoms with Gasteiger partial charge in [-0.3, -0.25) is 9.69 Å². The van der Waals surface area contributed by atoms with Gasteiger partial charge in [-0.1, -0.05) is 19.1 Å². The van der Waals surface area contributed by atoms with Gasteiger partial charge in [0.25, 0.3) is 0 Å². The Bertz CT molecular complexity index is 377. The van der Waals surface area contributed by atoms with Crippen LogP contribution in [0.1, 0.15) is 24.9 Å². The molecule has 4 heteroatoms. The maximum atomic E-state index is 11.2.